The van der Waals surface area contributed by atoms with Crippen LogP contribution in [0.2, 0.25) is 0 Å². The highest BCUT2D eigenvalue weighted by atomic mass is 14.8. The van der Waals surface area contributed by atoms with Gasteiger partial charge in [-0.05, 0) is 91.4 Å². The van der Waals surface area contributed by atoms with Crippen molar-refractivity contribution in [2.24, 2.45) is 10.9 Å². The van der Waals surface area contributed by atoms with E-state index in [1.54, 1.807) is 0 Å². The minimum atomic E-state index is 0.0192. The average molecular weight is 618 g/mol. The first-order chi connectivity index (χ1) is 23.8. The predicted octanol–water partition coefficient (Wildman–Crippen LogP) is 12.8. The Balaban J connectivity index is 1.19. The lowest BCUT2D eigenvalue weighted by atomic mass is 9.79. The van der Waals surface area contributed by atoms with Crippen molar-refractivity contribution < 1.29 is 0 Å². The molecule has 7 aromatic rings. The summed E-state index contributed by atoms with van der Waals surface area (Å²) in [5, 5.41) is 5.17. The van der Waals surface area contributed by atoms with Crippen LogP contribution in [-0.4, -0.2) is 5.71 Å². The Kier molecular flexibility index (Phi) is 8.27. The van der Waals surface area contributed by atoms with Gasteiger partial charge in [-0.15, -0.1) is 0 Å². The normalized spacial score (nSPS) is 17.7. The molecule has 0 aliphatic carbocycles. The maximum Gasteiger partial charge on any atom is 0.0820 e. The smallest absolute Gasteiger partial charge is 0.0820 e. The molecular formula is C47H39N. The molecule has 2 atom stereocenters. The highest BCUT2D eigenvalue weighted by molar-refractivity contribution is 6.13. The summed E-state index contributed by atoms with van der Waals surface area (Å²) in [6, 6.07) is 59.7. The van der Waals surface area contributed by atoms with Crippen molar-refractivity contribution in [3.8, 4) is 22.3 Å². The molecule has 7 aromatic carbocycles. The fraction of sp³-hybridized carbons (Fsp3) is 0.128. The van der Waals surface area contributed by atoms with E-state index in [1.165, 1.54) is 71.8 Å². The number of benzene rings is 7. The van der Waals surface area contributed by atoms with Crippen LogP contribution in [0.3, 0.4) is 0 Å². The second-order valence-corrected chi connectivity index (χ2v) is 12.9. The molecule has 0 N–H and O–H groups in total. The fourth-order valence-electron chi connectivity index (χ4n) is 7.58. The van der Waals surface area contributed by atoms with E-state index in [4.69, 9.17) is 4.99 Å². The van der Waals surface area contributed by atoms with Gasteiger partial charge in [0, 0.05) is 11.6 Å². The minimum absolute atomic E-state index is 0.0192. The summed E-state index contributed by atoms with van der Waals surface area (Å²) in [5.41, 5.74) is 11.4. The van der Waals surface area contributed by atoms with E-state index in [-0.39, 0.29) is 12.0 Å². The minimum Gasteiger partial charge on any atom is -0.280 e. The second kappa shape index (κ2) is 13.3. The molecule has 2 unspecified atom stereocenters. The van der Waals surface area contributed by atoms with Crippen LogP contribution in [0.1, 0.15) is 48.9 Å². The summed E-state index contributed by atoms with van der Waals surface area (Å²) in [5.74, 6) is 0.249. The number of nitrogens with zero attached hydrogens (tertiary/aromatic N) is 1. The van der Waals surface area contributed by atoms with Crippen LogP contribution in [0.15, 0.2) is 175 Å². The number of fused-ring (bicyclic) bond motifs is 3. The lowest BCUT2D eigenvalue weighted by Crippen LogP contribution is -2.17. The van der Waals surface area contributed by atoms with Gasteiger partial charge in [0.2, 0.25) is 0 Å². The van der Waals surface area contributed by atoms with Gasteiger partial charge in [-0.1, -0.05) is 171 Å². The Morgan fingerprint density at radius 3 is 1.79 bits per heavy atom. The van der Waals surface area contributed by atoms with E-state index in [2.05, 4.69) is 177 Å². The standard InChI is InChI=1S/C47H39N/c1-2-40-41(35-26-28-36(29-27-35)45-32-39-18-9-10-19-42(39)43-20-11-12-21-44(43)45)22-13-23-46(37-16-7-4-8-17-37)48-47(40)38-30-24-34(25-31-38)33-14-5-3-6-15-33/h3-12,14-22,24-32,40,47H,2,13,23H2,1H3/b41-22-,48-46?. The van der Waals surface area contributed by atoms with Gasteiger partial charge in [-0.2, -0.15) is 0 Å². The molecule has 48 heavy (non-hydrogen) atoms. The Labute approximate surface area is 284 Å². The summed E-state index contributed by atoms with van der Waals surface area (Å²) in [7, 11) is 0. The molecule has 0 saturated carbocycles. The summed E-state index contributed by atoms with van der Waals surface area (Å²) in [6.07, 6.45) is 5.39. The highest BCUT2D eigenvalue weighted by Gasteiger charge is 2.28. The van der Waals surface area contributed by atoms with Crippen LogP contribution in [-0.2, 0) is 0 Å². The molecule has 1 heterocycles. The molecule has 1 nitrogen and oxygen atoms in total. The molecule has 1 aliphatic rings. The van der Waals surface area contributed by atoms with Gasteiger partial charge in [0.15, 0.2) is 0 Å². The third kappa shape index (κ3) is 5.78. The third-order valence-corrected chi connectivity index (χ3v) is 10.0. The van der Waals surface area contributed by atoms with Crippen LogP contribution < -0.4 is 0 Å². The van der Waals surface area contributed by atoms with Gasteiger partial charge >= 0.3 is 0 Å². The Bertz CT molecular complexity index is 2240. The Morgan fingerprint density at radius 1 is 0.521 bits per heavy atom. The van der Waals surface area contributed by atoms with Crippen LogP contribution in [0, 0.1) is 5.92 Å². The Morgan fingerprint density at radius 2 is 1.08 bits per heavy atom. The topological polar surface area (TPSA) is 12.4 Å². The van der Waals surface area contributed by atoms with E-state index in [9.17, 15) is 0 Å². The van der Waals surface area contributed by atoms with Gasteiger partial charge in [0.1, 0.15) is 0 Å². The predicted molar refractivity (Wildman–Crippen MR) is 205 cm³/mol. The monoisotopic (exact) mass is 617 g/mol. The van der Waals surface area contributed by atoms with Gasteiger partial charge in [-0.25, -0.2) is 0 Å². The number of aliphatic imine (C=N–C) groups is 1. The lowest BCUT2D eigenvalue weighted by molar-refractivity contribution is 0.519. The molecule has 0 aromatic heterocycles. The van der Waals surface area contributed by atoms with Crippen molar-refractivity contribution in [2.45, 2.75) is 32.2 Å². The summed E-state index contributed by atoms with van der Waals surface area (Å²) in [6.45, 7) is 2.32. The van der Waals surface area contributed by atoms with Crippen molar-refractivity contribution in [3.05, 3.63) is 187 Å². The molecule has 1 aliphatic heterocycles. The van der Waals surface area contributed by atoms with E-state index in [1.807, 2.05) is 0 Å². The van der Waals surface area contributed by atoms with Crippen molar-refractivity contribution in [2.75, 3.05) is 0 Å². The van der Waals surface area contributed by atoms with Crippen molar-refractivity contribution in [3.63, 3.8) is 0 Å². The second-order valence-electron chi connectivity index (χ2n) is 12.9. The maximum atomic E-state index is 5.61. The zero-order chi connectivity index (χ0) is 32.3. The molecule has 0 radical (unpaired) electrons. The van der Waals surface area contributed by atoms with Crippen LogP contribution in [0.5, 0.6) is 0 Å². The average Bonchev–Trinajstić information content (AvgIpc) is 3.16. The molecular weight excluding hydrogens is 579 g/mol. The third-order valence-electron chi connectivity index (χ3n) is 10.0. The molecule has 8 rings (SSSR count). The Hall–Kier alpha value is -5.53. The van der Waals surface area contributed by atoms with Crippen LogP contribution >= 0.6 is 0 Å². The molecule has 0 saturated heterocycles. The van der Waals surface area contributed by atoms with E-state index >= 15 is 0 Å². The largest absolute Gasteiger partial charge is 0.280 e. The fourth-order valence-corrected chi connectivity index (χ4v) is 7.58. The van der Waals surface area contributed by atoms with E-state index in [0.717, 1.165) is 19.3 Å². The molecule has 0 bridgehead atoms. The number of rotatable bonds is 6. The van der Waals surface area contributed by atoms with Crippen molar-refractivity contribution >= 4 is 32.8 Å². The van der Waals surface area contributed by atoms with E-state index < -0.39 is 0 Å². The molecule has 0 spiro atoms. The SMILES string of the molecule is CCC1/C(c2ccc(-c3cc4ccccc4c4ccccc34)cc2)=C\CCC(c2ccccc2)=NC1c1ccc(-c2ccccc2)cc1. The first-order valence-electron chi connectivity index (χ1n) is 17.3. The van der Waals surface area contributed by atoms with E-state index in [0.29, 0.717) is 0 Å². The van der Waals surface area contributed by atoms with Crippen LogP contribution in [0.4, 0.5) is 0 Å². The molecule has 232 valence electrons. The lowest BCUT2D eigenvalue weighted by Gasteiger charge is -2.30. The molecule has 0 fully saturated rings. The number of hydrogen-bond acceptors (Lipinski definition) is 1. The quantitative estimate of drug-likeness (QED) is 0.165. The molecule has 1 heteroatoms. The van der Waals surface area contributed by atoms with Gasteiger partial charge in [0.25, 0.3) is 0 Å². The van der Waals surface area contributed by atoms with Gasteiger partial charge in [0.05, 0.1) is 6.04 Å². The zero-order valence-electron chi connectivity index (χ0n) is 27.4. The first-order valence-corrected chi connectivity index (χ1v) is 17.3. The number of allylic oxidation sites excluding steroid dienone is 1. The van der Waals surface area contributed by atoms with Crippen LogP contribution in [0.25, 0.3) is 49.4 Å². The highest BCUT2D eigenvalue weighted by Crippen LogP contribution is 2.42. The van der Waals surface area contributed by atoms with Gasteiger partial charge in [-0.3, -0.25) is 4.99 Å². The van der Waals surface area contributed by atoms with Crippen molar-refractivity contribution in [1.82, 2.24) is 0 Å². The van der Waals surface area contributed by atoms with Gasteiger partial charge < -0.3 is 0 Å². The molecule has 0 amide bonds. The number of hydrogen-bond donors (Lipinski definition) is 0. The van der Waals surface area contributed by atoms with Crippen molar-refractivity contribution in [1.29, 1.82) is 0 Å². The summed E-state index contributed by atoms with van der Waals surface area (Å²) in [4.78, 5) is 5.61. The first kappa shape index (κ1) is 29.8. The summed E-state index contributed by atoms with van der Waals surface area (Å²) >= 11 is 0. The summed E-state index contributed by atoms with van der Waals surface area (Å²) < 4.78 is 0. The zero-order valence-corrected chi connectivity index (χ0v) is 27.4. The maximum absolute atomic E-state index is 5.61.